The van der Waals surface area contributed by atoms with Crippen LogP contribution in [0.5, 0.6) is 0 Å². The van der Waals surface area contributed by atoms with Crippen LogP contribution in [0.4, 0.5) is 0 Å². The van der Waals surface area contributed by atoms with Crippen LogP contribution >= 0.6 is 0 Å². The predicted octanol–water partition coefficient (Wildman–Crippen LogP) is 11.6. The lowest BCUT2D eigenvalue weighted by molar-refractivity contribution is 1.18. The van der Waals surface area contributed by atoms with E-state index in [1.54, 1.807) is 0 Å². The van der Waals surface area contributed by atoms with Crippen molar-refractivity contribution in [3.05, 3.63) is 164 Å². The molecule has 0 bridgehead atoms. The molecule has 0 spiro atoms. The monoisotopic (exact) mass is 545 g/mol. The van der Waals surface area contributed by atoms with E-state index in [1.165, 1.54) is 76.4 Å². The SMILES string of the molecule is c1ccc(-c2cc(-c3ccccc3)cc(-n3c4ccccc4c4cc5c6ccccc6c6ccccc6c5cc43)c2)cc1. The Bertz CT molecular complexity index is 2430. The Balaban J connectivity index is 1.43. The average Bonchev–Trinajstić information content (AvgIpc) is 3.41. The van der Waals surface area contributed by atoms with Crippen LogP contribution in [0.2, 0.25) is 0 Å². The number of fused-ring (bicyclic) bond motifs is 9. The summed E-state index contributed by atoms with van der Waals surface area (Å²) in [5.74, 6) is 0. The van der Waals surface area contributed by atoms with Crippen LogP contribution in [0.3, 0.4) is 0 Å². The van der Waals surface area contributed by atoms with Crippen molar-refractivity contribution >= 4 is 54.1 Å². The van der Waals surface area contributed by atoms with E-state index in [-0.39, 0.29) is 0 Å². The summed E-state index contributed by atoms with van der Waals surface area (Å²) >= 11 is 0. The molecule has 1 aromatic heterocycles. The van der Waals surface area contributed by atoms with Crippen LogP contribution in [-0.4, -0.2) is 4.57 Å². The molecule has 8 aromatic carbocycles. The molecule has 9 aromatic rings. The van der Waals surface area contributed by atoms with E-state index in [2.05, 4.69) is 168 Å². The first-order chi connectivity index (χ1) is 21.3. The minimum atomic E-state index is 1.16. The molecule has 0 aliphatic heterocycles. The highest BCUT2D eigenvalue weighted by atomic mass is 15.0. The van der Waals surface area contributed by atoms with Gasteiger partial charge in [0, 0.05) is 16.5 Å². The van der Waals surface area contributed by atoms with Gasteiger partial charge in [-0.3, -0.25) is 0 Å². The van der Waals surface area contributed by atoms with Gasteiger partial charge in [0.15, 0.2) is 0 Å². The van der Waals surface area contributed by atoms with Crippen molar-refractivity contribution in [2.45, 2.75) is 0 Å². The van der Waals surface area contributed by atoms with E-state index in [4.69, 9.17) is 0 Å². The Morgan fingerprint density at radius 3 is 1.26 bits per heavy atom. The normalized spacial score (nSPS) is 11.7. The van der Waals surface area contributed by atoms with Crippen LogP contribution < -0.4 is 0 Å². The highest BCUT2D eigenvalue weighted by Crippen LogP contribution is 2.41. The second kappa shape index (κ2) is 9.44. The smallest absolute Gasteiger partial charge is 0.0547 e. The number of rotatable bonds is 3. The summed E-state index contributed by atoms with van der Waals surface area (Å²) < 4.78 is 2.47. The maximum absolute atomic E-state index is 2.47. The molecule has 0 saturated carbocycles. The van der Waals surface area contributed by atoms with Crippen LogP contribution in [0, 0.1) is 0 Å². The summed E-state index contributed by atoms with van der Waals surface area (Å²) in [4.78, 5) is 0. The predicted molar refractivity (Wildman–Crippen MR) is 184 cm³/mol. The molecule has 0 fully saturated rings. The third-order valence-electron chi connectivity index (χ3n) is 8.93. The van der Waals surface area contributed by atoms with E-state index in [9.17, 15) is 0 Å². The Kier molecular flexibility index (Phi) is 5.27. The molecule has 0 aliphatic rings. The first kappa shape index (κ1) is 24.0. The molecular formula is C42H27N. The van der Waals surface area contributed by atoms with Gasteiger partial charge in [0.25, 0.3) is 0 Å². The molecule has 1 nitrogen and oxygen atoms in total. The lowest BCUT2D eigenvalue weighted by atomic mass is 9.93. The second-order valence-electron chi connectivity index (χ2n) is 11.4. The van der Waals surface area contributed by atoms with Gasteiger partial charge in [-0.1, -0.05) is 127 Å². The fourth-order valence-electron chi connectivity index (χ4n) is 6.98. The summed E-state index contributed by atoms with van der Waals surface area (Å²) in [5.41, 5.74) is 8.44. The molecule has 43 heavy (non-hydrogen) atoms. The maximum atomic E-state index is 2.47. The number of hydrogen-bond acceptors (Lipinski definition) is 0. The Morgan fingerprint density at radius 2 is 0.698 bits per heavy atom. The summed E-state index contributed by atoms with van der Waals surface area (Å²) in [6.45, 7) is 0. The van der Waals surface area contributed by atoms with Gasteiger partial charge in [-0.05, 0) is 91.0 Å². The van der Waals surface area contributed by atoms with E-state index in [1.807, 2.05) is 0 Å². The summed E-state index contributed by atoms with van der Waals surface area (Å²) in [6, 6.07) is 59.8. The van der Waals surface area contributed by atoms with Gasteiger partial charge in [-0.2, -0.15) is 0 Å². The van der Waals surface area contributed by atoms with Gasteiger partial charge in [0.1, 0.15) is 0 Å². The van der Waals surface area contributed by atoms with E-state index in [0.29, 0.717) is 0 Å². The molecule has 1 heterocycles. The van der Waals surface area contributed by atoms with Gasteiger partial charge in [-0.15, -0.1) is 0 Å². The summed E-state index contributed by atoms with van der Waals surface area (Å²) in [7, 11) is 0. The fraction of sp³-hybridized carbons (Fsp3) is 0. The molecule has 0 unspecified atom stereocenters. The van der Waals surface area contributed by atoms with Crippen LogP contribution in [0.1, 0.15) is 0 Å². The molecule has 200 valence electrons. The lowest BCUT2D eigenvalue weighted by Gasteiger charge is -2.15. The van der Waals surface area contributed by atoms with Crippen molar-refractivity contribution in [3.63, 3.8) is 0 Å². The third kappa shape index (κ3) is 3.72. The lowest BCUT2D eigenvalue weighted by Crippen LogP contribution is -1.96. The highest BCUT2D eigenvalue weighted by molar-refractivity contribution is 6.28. The zero-order chi connectivity index (χ0) is 28.3. The van der Waals surface area contributed by atoms with Crippen molar-refractivity contribution in [2.24, 2.45) is 0 Å². The van der Waals surface area contributed by atoms with E-state index < -0.39 is 0 Å². The van der Waals surface area contributed by atoms with Crippen LogP contribution in [0.15, 0.2) is 164 Å². The maximum Gasteiger partial charge on any atom is 0.0547 e. The average molecular weight is 546 g/mol. The third-order valence-corrected chi connectivity index (χ3v) is 8.93. The van der Waals surface area contributed by atoms with Crippen LogP contribution in [-0.2, 0) is 0 Å². The van der Waals surface area contributed by atoms with E-state index in [0.717, 1.165) is 5.69 Å². The van der Waals surface area contributed by atoms with Gasteiger partial charge < -0.3 is 4.57 Å². The Labute approximate surface area is 249 Å². The van der Waals surface area contributed by atoms with Gasteiger partial charge >= 0.3 is 0 Å². The molecular weight excluding hydrogens is 518 g/mol. The second-order valence-corrected chi connectivity index (χ2v) is 11.4. The molecule has 0 saturated heterocycles. The molecule has 0 aliphatic carbocycles. The summed E-state index contributed by atoms with van der Waals surface area (Å²) in [6.07, 6.45) is 0. The van der Waals surface area contributed by atoms with Gasteiger partial charge in [0.05, 0.1) is 11.0 Å². The zero-order valence-corrected chi connectivity index (χ0v) is 23.5. The molecule has 0 radical (unpaired) electrons. The van der Waals surface area contributed by atoms with E-state index >= 15 is 0 Å². The molecule has 0 N–H and O–H groups in total. The number of para-hydroxylation sites is 1. The topological polar surface area (TPSA) is 4.93 Å². The van der Waals surface area contributed by atoms with Crippen molar-refractivity contribution in [2.75, 3.05) is 0 Å². The van der Waals surface area contributed by atoms with Gasteiger partial charge in [0.2, 0.25) is 0 Å². The van der Waals surface area contributed by atoms with Crippen molar-refractivity contribution in [3.8, 4) is 27.9 Å². The summed E-state index contributed by atoms with van der Waals surface area (Å²) in [5, 5.41) is 10.3. The van der Waals surface area contributed by atoms with Crippen molar-refractivity contribution in [1.29, 1.82) is 0 Å². The molecule has 9 rings (SSSR count). The Hall–Kier alpha value is -5.66. The quantitative estimate of drug-likeness (QED) is 0.195. The minimum absolute atomic E-state index is 1.16. The molecule has 0 atom stereocenters. The Morgan fingerprint density at radius 1 is 0.256 bits per heavy atom. The first-order valence-electron chi connectivity index (χ1n) is 14.9. The fourth-order valence-corrected chi connectivity index (χ4v) is 6.98. The standard InChI is InChI=1S/C42H27N/c1-3-13-28(14-4-1)30-23-31(29-15-5-2-6-16-29)25-32(24-30)43-41-22-12-11-21-37(41)40-26-38-35-19-9-7-17-33(35)34-18-8-10-20-36(34)39(38)27-42(40)43/h1-27H. The first-order valence-corrected chi connectivity index (χ1v) is 14.9. The van der Waals surface area contributed by atoms with Crippen molar-refractivity contribution in [1.82, 2.24) is 4.57 Å². The largest absolute Gasteiger partial charge is 0.309 e. The number of benzene rings is 8. The minimum Gasteiger partial charge on any atom is -0.309 e. The zero-order valence-electron chi connectivity index (χ0n) is 23.5. The van der Waals surface area contributed by atoms with Crippen LogP contribution in [0.25, 0.3) is 82.1 Å². The van der Waals surface area contributed by atoms with Gasteiger partial charge in [-0.25, -0.2) is 0 Å². The number of aromatic nitrogens is 1. The molecule has 0 amide bonds. The van der Waals surface area contributed by atoms with Crippen molar-refractivity contribution < 1.29 is 0 Å². The molecule has 1 heteroatoms. The number of hydrogen-bond donors (Lipinski definition) is 0. The highest BCUT2D eigenvalue weighted by Gasteiger charge is 2.17. The number of nitrogens with zero attached hydrogens (tertiary/aromatic N) is 1.